The van der Waals surface area contributed by atoms with E-state index in [0.29, 0.717) is 12.0 Å². The fraction of sp³-hybridized carbons (Fsp3) is 0.294. The Kier molecular flexibility index (Phi) is 2.92. The first kappa shape index (κ1) is 11.5. The number of hydrogen-bond donors (Lipinski definition) is 1. The molecule has 0 radical (unpaired) electrons. The Labute approximate surface area is 109 Å². The van der Waals surface area contributed by atoms with Crippen LogP contribution in [0.1, 0.15) is 30.9 Å². The fourth-order valence-electron chi connectivity index (χ4n) is 2.83. The molecule has 92 valence electrons. The number of rotatable bonds is 3. The molecule has 0 amide bonds. The average molecular weight is 237 g/mol. The highest BCUT2D eigenvalue weighted by atomic mass is 14.9. The van der Waals surface area contributed by atoms with Crippen molar-refractivity contribution in [3.8, 4) is 11.1 Å². The van der Waals surface area contributed by atoms with E-state index >= 15 is 0 Å². The summed E-state index contributed by atoms with van der Waals surface area (Å²) >= 11 is 0. The molecule has 0 unspecified atom stereocenters. The second kappa shape index (κ2) is 4.58. The number of benzene rings is 2. The van der Waals surface area contributed by atoms with Gasteiger partial charge in [0.1, 0.15) is 0 Å². The van der Waals surface area contributed by atoms with Crippen LogP contribution < -0.4 is 5.32 Å². The summed E-state index contributed by atoms with van der Waals surface area (Å²) < 4.78 is 0. The lowest BCUT2D eigenvalue weighted by Crippen LogP contribution is -2.27. The Bertz CT molecular complexity index is 512. The van der Waals surface area contributed by atoms with Crippen molar-refractivity contribution in [1.29, 1.82) is 0 Å². The van der Waals surface area contributed by atoms with E-state index in [1.54, 1.807) is 0 Å². The van der Waals surface area contributed by atoms with E-state index in [4.69, 9.17) is 0 Å². The number of nitrogens with one attached hydrogen (secondary N) is 1. The molecule has 0 bridgehead atoms. The zero-order valence-electron chi connectivity index (χ0n) is 11.0. The fourth-order valence-corrected chi connectivity index (χ4v) is 2.83. The minimum absolute atomic E-state index is 0.500. The highest BCUT2D eigenvalue weighted by Gasteiger charge is 2.27. The molecule has 2 aromatic carbocycles. The van der Waals surface area contributed by atoms with Gasteiger partial charge in [-0.25, -0.2) is 0 Å². The third-order valence-corrected chi connectivity index (χ3v) is 3.69. The summed E-state index contributed by atoms with van der Waals surface area (Å²) in [6.45, 7) is 5.42. The van der Waals surface area contributed by atoms with Crippen molar-refractivity contribution >= 4 is 0 Å². The first-order chi connectivity index (χ1) is 8.77. The van der Waals surface area contributed by atoms with Gasteiger partial charge in [0.2, 0.25) is 0 Å². The molecule has 1 nitrogen and oxygen atoms in total. The Balaban J connectivity index is 2.03. The lowest BCUT2D eigenvalue weighted by atomic mass is 9.97. The maximum Gasteiger partial charge on any atom is 0.0227 e. The van der Waals surface area contributed by atoms with Crippen molar-refractivity contribution in [2.45, 2.75) is 25.8 Å². The van der Waals surface area contributed by atoms with E-state index < -0.39 is 0 Å². The van der Waals surface area contributed by atoms with Gasteiger partial charge in [-0.15, -0.1) is 0 Å². The lowest BCUT2D eigenvalue weighted by molar-refractivity contribution is 0.565. The van der Waals surface area contributed by atoms with Crippen LogP contribution in [-0.4, -0.2) is 12.6 Å². The molecular weight excluding hydrogens is 218 g/mol. The summed E-state index contributed by atoms with van der Waals surface area (Å²) in [5.74, 6) is 0.500. The SMILES string of the molecule is CC(C)NCC1c2ccccc2-c2ccccc21. The van der Waals surface area contributed by atoms with Crippen LogP contribution in [0.15, 0.2) is 48.5 Å². The Morgan fingerprint density at radius 3 is 1.89 bits per heavy atom. The largest absolute Gasteiger partial charge is 0.314 e. The van der Waals surface area contributed by atoms with Gasteiger partial charge in [-0.05, 0) is 22.3 Å². The number of hydrogen-bond acceptors (Lipinski definition) is 1. The zero-order valence-corrected chi connectivity index (χ0v) is 11.0. The molecule has 0 aliphatic heterocycles. The zero-order chi connectivity index (χ0) is 12.5. The molecular formula is C17H19N. The molecule has 18 heavy (non-hydrogen) atoms. The van der Waals surface area contributed by atoms with Gasteiger partial charge >= 0.3 is 0 Å². The van der Waals surface area contributed by atoms with Crippen molar-refractivity contribution in [1.82, 2.24) is 5.32 Å². The maximum atomic E-state index is 3.57. The molecule has 0 atom stereocenters. The second-order valence-electron chi connectivity index (χ2n) is 5.29. The summed E-state index contributed by atoms with van der Waals surface area (Å²) in [5.41, 5.74) is 5.74. The number of fused-ring (bicyclic) bond motifs is 3. The summed E-state index contributed by atoms with van der Waals surface area (Å²) in [5, 5.41) is 3.57. The van der Waals surface area contributed by atoms with E-state index in [2.05, 4.69) is 67.7 Å². The van der Waals surface area contributed by atoms with E-state index in [9.17, 15) is 0 Å². The van der Waals surface area contributed by atoms with Gasteiger partial charge < -0.3 is 5.32 Å². The van der Waals surface area contributed by atoms with E-state index in [-0.39, 0.29) is 0 Å². The first-order valence-electron chi connectivity index (χ1n) is 6.69. The molecule has 1 aliphatic rings. The van der Waals surface area contributed by atoms with E-state index in [1.807, 2.05) is 0 Å². The Morgan fingerprint density at radius 2 is 1.39 bits per heavy atom. The van der Waals surface area contributed by atoms with E-state index in [0.717, 1.165) is 6.54 Å². The summed E-state index contributed by atoms with van der Waals surface area (Å²) in [4.78, 5) is 0. The highest BCUT2D eigenvalue weighted by Crippen LogP contribution is 2.43. The van der Waals surface area contributed by atoms with Crippen LogP contribution in [-0.2, 0) is 0 Å². The van der Waals surface area contributed by atoms with Crippen LogP contribution >= 0.6 is 0 Å². The monoisotopic (exact) mass is 237 g/mol. The minimum Gasteiger partial charge on any atom is -0.314 e. The van der Waals surface area contributed by atoms with Crippen molar-refractivity contribution in [3.63, 3.8) is 0 Å². The van der Waals surface area contributed by atoms with Gasteiger partial charge in [-0.3, -0.25) is 0 Å². The van der Waals surface area contributed by atoms with Gasteiger partial charge in [-0.2, -0.15) is 0 Å². The third kappa shape index (κ3) is 1.85. The smallest absolute Gasteiger partial charge is 0.0227 e. The van der Waals surface area contributed by atoms with Gasteiger partial charge in [0.25, 0.3) is 0 Å². The van der Waals surface area contributed by atoms with Gasteiger partial charge in [0, 0.05) is 18.5 Å². The molecule has 1 aliphatic carbocycles. The standard InChI is InChI=1S/C17H19N/c1-12(2)18-11-17-15-9-5-3-7-13(15)14-8-4-6-10-16(14)17/h3-10,12,17-18H,11H2,1-2H3. The van der Waals surface area contributed by atoms with Crippen LogP contribution in [0.3, 0.4) is 0 Å². The van der Waals surface area contributed by atoms with Gasteiger partial charge in [0.05, 0.1) is 0 Å². The predicted molar refractivity (Wildman–Crippen MR) is 76.9 cm³/mol. The highest BCUT2D eigenvalue weighted by molar-refractivity contribution is 5.78. The summed E-state index contributed by atoms with van der Waals surface area (Å²) in [6, 6.07) is 18.1. The van der Waals surface area contributed by atoms with Crippen LogP contribution in [0.2, 0.25) is 0 Å². The van der Waals surface area contributed by atoms with Crippen LogP contribution in [0.25, 0.3) is 11.1 Å². The molecule has 1 N–H and O–H groups in total. The summed E-state index contributed by atoms with van der Waals surface area (Å²) in [7, 11) is 0. The van der Waals surface area contributed by atoms with Crippen molar-refractivity contribution in [2.75, 3.05) is 6.54 Å². The van der Waals surface area contributed by atoms with Gasteiger partial charge in [0.15, 0.2) is 0 Å². The van der Waals surface area contributed by atoms with Crippen molar-refractivity contribution in [3.05, 3.63) is 59.7 Å². The predicted octanol–water partition coefficient (Wildman–Crippen LogP) is 3.80. The Hall–Kier alpha value is -1.60. The lowest BCUT2D eigenvalue weighted by Gasteiger charge is -2.16. The normalized spacial score (nSPS) is 13.7. The molecule has 0 fully saturated rings. The third-order valence-electron chi connectivity index (χ3n) is 3.69. The van der Waals surface area contributed by atoms with Crippen LogP contribution in [0.5, 0.6) is 0 Å². The van der Waals surface area contributed by atoms with Crippen molar-refractivity contribution < 1.29 is 0 Å². The quantitative estimate of drug-likeness (QED) is 0.856. The van der Waals surface area contributed by atoms with Crippen molar-refractivity contribution in [2.24, 2.45) is 0 Å². The van der Waals surface area contributed by atoms with Crippen LogP contribution in [0.4, 0.5) is 0 Å². The molecule has 0 saturated carbocycles. The molecule has 3 rings (SSSR count). The molecule has 0 aromatic heterocycles. The first-order valence-corrected chi connectivity index (χ1v) is 6.69. The van der Waals surface area contributed by atoms with E-state index in [1.165, 1.54) is 22.3 Å². The molecule has 1 heteroatoms. The van der Waals surface area contributed by atoms with Gasteiger partial charge in [-0.1, -0.05) is 62.4 Å². The molecule has 0 spiro atoms. The summed E-state index contributed by atoms with van der Waals surface area (Å²) in [6.07, 6.45) is 0. The topological polar surface area (TPSA) is 12.0 Å². The van der Waals surface area contributed by atoms with Crippen LogP contribution in [0, 0.1) is 0 Å². The average Bonchev–Trinajstić information content (AvgIpc) is 2.71. The molecule has 2 aromatic rings. The Morgan fingerprint density at radius 1 is 0.889 bits per heavy atom. The minimum atomic E-state index is 0.500. The maximum absolute atomic E-state index is 3.57. The molecule has 0 saturated heterocycles. The second-order valence-corrected chi connectivity index (χ2v) is 5.29. The molecule has 0 heterocycles.